The highest BCUT2D eigenvalue weighted by atomic mass is 19.1. The molecule has 21 heavy (non-hydrogen) atoms. The molecule has 0 radical (unpaired) electrons. The van der Waals surface area contributed by atoms with Crippen LogP contribution in [0.15, 0.2) is 53.6 Å². The van der Waals surface area contributed by atoms with Gasteiger partial charge in [0, 0.05) is 0 Å². The van der Waals surface area contributed by atoms with Gasteiger partial charge in [-0.3, -0.25) is 9.36 Å². The van der Waals surface area contributed by atoms with E-state index in [-0.39, 0.29) is 17.7 Å². The lowest BCUT2D eigenvalue weighted by Crippen LogP contribution is -2.21. The van der Waals surface area contributed by atoms with Crippen LogP contribution in [-0.2, 0) is 6.54 Å². The first kappa shape index (κ1) is 13.0. The third-order valence-electron chi connectivity index (χ3n) is 3.24. The lowest BCUT2D eigenvalue weighted by molar-refractivity contribution is 0.622. The van der Waals surface area contributed by atoms with Crippen LogP contribution in [0, 0.1) is 17.1 Å². The van der Waals surface area contributed by atoms with Gasteiger partial charge in [-0.15, -0.1) is 0 Å². The Bertz CT molecular complexity index is 925. The third kappa shape index (κ3) is 2.39. The van der Waals surface area contributed by atoms with Gasteiger partial charge >= 0.3 is 0 Å². The number of para-hydroxylation sites is 1. The standard InChI is InChI=1S/C16H10FN3O/c17-14-6-5-11(7-12(14)8-18)9-20-10-19-15-4-2-1-3-13(15)16(20)21/h1-7,10H,9H2. The van der Waals surface area contributed by atoms with Crippen molar-refractivity contribution in [3.8, 4) is 6.07 Å². The largest absolute Gasteiger partial charge is 0.294 e. The summed E-state index contributed by atoms with van der Waals surface area (Å²) in [5.74, 6) is -0.565. The van der Waals surface area contributed by atoms with Crippen molar-refractivity contribution in [2.24, 2.45) is 0 Å². The van der Waals surface area contributed by atoms with Crippen LogP contribution in [0.3, 0.4) is 0 Å². The van der Waals surface area contributed by atoms with E-state index in [4.69, 9.17) is 5.26 Å². The maximum atomic E-state index is 13.3. The van der Waals surface area contributed by atoms with E-state index in [2.05, 4.69) is 4.98 Å². The zero-order valence-corrected chi connectivity index (χ0v) is 11.0. The molecule has 5 heteroatoms. The zero-order valence-electron chi connectivity index (χ0n) is 11.0. The highest BCUT2D eigenvalue weighted by Crippen LogP contribution is 2.11. The fourth-order valence-electron chi connectivity index (χ4n) is 2.17. The van der Waals surface area contributed by atoms with Crippen LogP contribution < -0.4 is 5.56 Å². The molecule has 0 aliphatic heterocycles. The summed E-state index contributed by atoms with van der Waals surface area (Å²) < 4.78 is 14.7. The van der Waals surface area contributed by atoms with Gasteiger partial charge in [-0.2, -0.15) is 5.26 Å². The second-order valence-corrected chi connectivity index (χ2v) is 4.62. The molecule has 0 unspecified atom stereocenters. The molecule has 1 heterocycles. The minimum atomic E-state index is -0.565. The normalized spacial score (nSPS) is 10.5. The Morgan fingerprint density at radius 2 is 2.05 bits per heavy atom. The van der Waals surface area contributed by atoms with Crippen molar-refractivity contribution in [1.29, 1.82) is 5.26 Å². The van der Waals surface area contributed by atoms with Gasteiger partial charge in [0.25, 0.3) is 5.56 Å². The Hall–Kier alpha value is -3.00. The summed E-state index contributed by atoms with van der Waals surface area (Å²) >= 11 is 0. The molecule has 2 aromatic carbocycles. The summed E-state index contributed by atoms with van der Waals surface area (Å²) in [6.45, 7) is 0.242. The minimum absolute atomic E-state index is 0.0331. The van der Waals surface area contributed by atoms with E-state index in [0.29, 0.717) is 16.5 Å². The Kier molecular flexibility index (Phi) is 3.20. The zero-order chi connectivity index (χ0) is 14.8. The molecule has 1 aromatic heterocycles. The van der Waals surface area contributed by atoms with Gasteiger partial charge in [-0.05, 0) is 29.8 Å². The molecule has 0 saturated heterocycles. The summed E-state index contributed by atoms with van der Waals surface area (Å²) in [5.41, 5.74) is 1.11. The van der Waals surface area contributed by atoms with E-state index in [1.165, 1.54) is 23.0 Å². The van der Waals surface area contributed by atoms with Crippen molar-refractivity contribution >= 4 is 10.9 Å². The van der Waals surface area contributed by atoms with Gasteiger partial charge in [-0.25, -0.2) is 9.37 Å². The average molecular weight is 279 g/mol. The minimum Gasteiger partial charge on any atom is -0.294 e. The second-order valence-electron chi connectivity index (χ2n) is 4.62. The van der Waals surface area contributed by atoms with Gasteiger partial charge in [0.2, 0.25) is 0 Å². The predicted octanol–water partition coefficient (Wildman–Crippen LogP) is 2.46. The maximum absolute atomic E-state index is 13.3. The first-order valence-electron chi connectivity index (χ1n) is 6.32. The van der Waals surface area contributed by atoms with E-state index in [9.17, 15) is 9.18 Å². The van der Waals surface area contributed by atoms with Crippen molar-refractivity contribution in [1.82, 2.24) is 9.55 Å². The Morgan fingerprint density at radius 3 is 2.86 bits per heavy atom. The highest BCUT2D eigenvalue weighted by molar-refractivity contribution is 5.76. The Balaban J connectivity index is 2.05. The number of hydrogen-bond acceptors (Lipinski definition) is 3. The Labute approximate surface area is 119 Å². The van der Waals surface area contributed by atoms with E-state index in [0.717, 1.165) is 0 Å². The molecule has 0 fully saturated rings. The van der Waals surface area contributed by atoms with Crippen molar-refractivity contribution in [2.75, 3.05) is 0 Å². The molecule has 0 amide bonds. The van der Waals surface area contributed by atoms with E-state index < -0.39 is 5.82 Å². The maximum Gasteiger partial charge on any atom is 0.261 e. The highest BCUT2D eigenvalue weighted by Gasteiger charge is 2.06. The molecular weight excluding hydrogens is 269 g/mol. The summed E-state index contributed by atoms with van der Waals surface area (Å²) in [4.78, 5) is 16.6. The van der Waals surface area contributed by atoms with Crippen LogP contribution in [-0.4, -0.2) is 9.55 Å². The number of hydrogen-bond donors (Lipinski definition) is 0. The van der Waals surface area contributed by atoms with Crippen molar-refractivity contribution < 1.29 is 4.39 Å². The summed E-state index contributed by atoms with van der Waals surface area (Å²) in [7, 11) is 0. The molecule has 0 bridgehead atoms. The average Bonchev–Trinajstić information content (AvgIpc) is 2.52. The SMILES string of the molecule is N#Cc1cc(Cn2cnc3ccccc3c2=O)ccc1F. The number of aromatic nitrogens is 2. The number of nitriles is 1. The first-order valence-corrected chi connectivity index (χ1v) is 6.32. The van der Waals surface area contributed by atoms with E-state index >= 15 is 0 Å². The summed E-state index contributed by atoms with van der Waals surface area (Å²) in [6, 6.07) is 13.1. The van der Waals surface area contributed by atoms with Gasteiger partial charge < -0.3 is 0 Å². The van der Waals surface area contributed by atoms with Gasteiger partial charge in [-0.1, -0.05) is 18.2 Å². The molecule has 0 atom stereocenters. The lowest BCUT2D eigenvalue weighted by Gasteiger charge is -2.07. The molecular formula is C16H10FN3O. The fraction of sp³-hybridized carbons (Fsp3) is 0.0625. The molecule has 102 valence electrons. The van der Waals surface area contributed by atoms with Gasteiger partial charge in [0.1, 0.15) is 11.9 Å². The molecule has 3 aromatic rings. The van der Waals surface area contributed by atoms with Gasteiger partial charge in [0.15, 0.2) is 0 Å². The molecule has 3 rings (SSSR count). The predicted molar refractivity (Wildman–Crippen MR) is 76.2 cm³/mol. The van der Waals surface area contributed by atoms with E-state index in [1.54, 1.807) is 30.3 Å². The van der Waals surface area contributed by atoms with Gasteiger partial charge in [0.05, 0.1) is 29.3 Å². The number of benzene rings is 2. The van der Waals surface area contributed by atoms with Crippen molar-refractivity contribution in [2.45, 2.75) is 6.54 Å². The smallest absolute Gasteiger partial charge is 0.261 e. The molecule has 0 spiro atoms. The number of rotatable bonds is 2. The second kappa shape index (κ2) is 5.17. The molecule has 0 N–H and O–H groups in total. The molecule has 0 aliphatic carbocycles. The van der Waals surface area contributed by atoms with Crippen LogP contribution in [0.4, 0.5) is 4.39 Å². The summed E-state index contributed by atoms with van der Waals surface area (Å²) in [6.07, 6.45) is 1.46. The fourth-order valence-corrected chi connectivity index (χ4v) is 2.17. The number of nitrogens with zero attached hydrogens (tertiary/aromatic N) is 3. The lowest BCUT2D eigenvalue weighted by atomic mass is 10.1. The van der Waals surface area contributed by atoms with Crippen molar-refractivity contribution in [3.05, 3.63) is 76.1 Å². The number of halogens is 1. The molecule has 0 aliphatic rings. The number of fused-ring (bicyclic) bond motifs is 1. The third-order valence-corrected chi connectivity index (χ3v) is 3.24. The van der Waals surface area contributed by atoms with Crippen LogP contribution in [0.1, 0.15) is 11.1 Å². The summed E-state index contributed by atoms with van der Waals surface area (Å²) in [5, 5.41) is 9.36. The van der Waals surface area contributed by atoms with Crippen LogP contribution in [0.5, 0.6) is 0 Å². The first-order chi connectivity index (χ1) is 10.2. The molecule has 0 saturated carbocycles. The van der Waals surface area contributed by atoms with E-state index in [1.807, 2.05) is 6.07 Å². The van der Waals surface area contributed by atoms with Crippen LogP contribution in [0.2, 0.25) is 0 Å². The topological polar surface area (TPSA) is 58.7 Å². The van der Waals surface area contributed by atoms with Crippen LogP contribution in [0.25, 0.3) is 10.9 Å². The van der Waals surface area contributed by atoms with Crippen LogP contribution >= 0.6 is 0 Å². The monoisotopic (exact) mass is 279 g/mol. The molecule has 4 nitrogen and oxygen atoms in total. The Morgan fingerprint density at radius 1 is 1.24 bits per heavy atom. The van der Waals surface area contributed by atoms with Crippen molar-refractivity contribution in [3.63, 3.8) is 0 Å². The quantitative estimate of drug-likeness (QED) is 0.724.